The first-order valence-electron chi connectivity index (χ1n) is 4.19. The Balaban J connectivity index is 2.21. The van der Waals surface area contributed by atoms with E-state index in [1.807, 2.05) is 0 Å². The molecule has 2 aromatic rings. The maximum Gasteiger partial charge on any atom is 0.450 e. The van der Waals surface area contributed by atoms with E-state index >= 15 is 0 Å². The molecule has 1 aromatic carbocycles. The van der Waals surface area contributed by atoms with E-state index in [-0.39, 0.29) is 5.89 Å². The number of benzene rings is 1. The van der Waals surface area contributed by atoms with Gasteiger partial charge < -0.3 is 4.42 Å². The SMILES string of the molecule is FC(F)(F)Sc1nnc(-c2ccccc2)o1. The summed E-state index contributed by atoms with van der Waals surface area (Å²) in [6.45, 7) is 0. The summed E-state index contributed by atoms with van der Waals surface area (Å²) in [7, 11) is 0. The summed E-state index contributed by atoms with van der Waals surface area (Å²) in [6.07, 6.45) is 0. The highest BCUT2D eigenvalue weighted by Crippen LogP contribution is 2.36. The van der Waals surface area contributed by atoms with E-state index in [1.54, 1.807) is 30.3 Å². The summed E-state index contributed by atoms with van der Waals surface area (Å²) in [5.41, 5.74) is -3.83. The molecule has 0 N–H and O–H groups in total. The van der Waals surface area contributed by atoms with Gasteiger partial charge in [0.25, 0.3) is 5.22 Å². The third kappa shape index (κ3) is 2.75. The normalized spacial score (nSPS) is 11.7. The Hall–Kier alpha value is -1.50. The zero-order valence-corrected chi connectivity index (χ0v) is 8.55. The van der Waals surface area contributed by atoms with Gasteiger partial charge in [0.15, 0.2) is 0 Å². The molecule has 2 rings (SSSR count). The maximum absolute atomic E-state index is 12.0. The molecule has 7 heteroatoms. The molecule has 0 radical (unpaired) electrons. The van der Waals surface area contributed by atoms with Crippen LogP contribution >= 0.6 is 11.8 Å². The largest absolute Gasteiger partial charge is 0.450 e. The van der Waals surface area contributed by atoms with Crippen LogP contribution in [-0.2, 0) is 0 Å². The van der Waals surface area contributed by atoms with Gasteiger partial charge in [0, 0.05) is 17.3 Å². The van der Waals surface area contributed by atoms with Gasteiger partial charge in [-0.15, -0.1) is 10.2 Å². The zero-order valence-electron chi connectivity index (χ0n) is 7.73. The highest BCUT2D eigenvalue weighted by atomic mass is 32.2. The van der Waals surface area contributed by atoms with Crippen LogP contribution in [0.5, 0.6) is 0 Å². The van der Waals surface area contributed by atoms with E-state index in [2.05, 4.69) is 10.2 Å². The molecular formula is C9H5F3N2OS. The second kappa shape index (κ2) is 4.17. The second-order valence-electron chi connectivity index (χ2n) is 2.79. The van der Waals surface area contributed by atoms with E-state index in [0.717, 1.165) is 0 Å². The quantitative estimate of drug-likeness (QED) is 0.762. The number of rotatable bonds is 2. The summed E-state index contributed by atoms with van der Waals surface area (Å²) in [6, 6.07) is 8.60. The van der Waals surface area contributed by atoms with Crippen molar-refractivity contribution in [1.29, 1.82) is 0 Å². The topological polar surface area (TPSA) is 38.9 Å². The Morgan fingerprint density at radius 3 is 2.38 bits per heavy atom. The second-order valence-corrected chi connectivity index (χ2v) is 3.80. The van der Waals surface area contributed by atoms with Gasteiger partial charge in [0.1, 0.15) is 0 Å². The minimum Gasteiger partial charge on any atom is -0.411 e. The highest BCUT2D eigenvalue weighted by molar-refractivity contribution is 7.99. The average molecular weight is 246 g/mol. The smallest absolute Gasteiger partial charge is 0.411 e. The molecule has 0 bridgehead atoms. The highest BCUT2D eigenvalue weighted by Gasteiger charge is 2.32. The fraction of sp³-hybridized carbons (Fsp3) is 0.111. The molecule has 0 aliphatic carbocycles. The number of aromatic nitrogens is 2. The van der Waals surface area contributed by atoms with Crippen molar-refractivity contribution >= 4 is 11.8 Å². The van der Waals surface area contributed by atoms with Crippen LogP contribution in [0.3, 0.4) is 0 Å². The van der Waals surface area contributed by atoms with Crippen molar-refractivity contribution in [1.82, 2.24) is 10.2 Å². The van der Waals surface area contributed by atoms with Gasteiger partial charge in [0.2, 0.25) is 5.89 Å². The maximum atomic E-state index is 12.0. The predicted octanol–water partition coefficient (Wildman–Crippen LogP) is 3.35. The molecule has 1 aromatic heterocycles. The van der Waals surface area contributed by atoms with Crippen LogP contribution in [0.25, 0.3) is 11.5 Å². The van der Waals surface area contributed by atoms with Gasteiger partial charge >= 0.3 is 5.51 Å². The van der Waals surface area contributed by atoms with Crippen LogP contribution in [0.1, 0.15) is 0 Å². The van der Waals surface area contributed by atoms with Crippen molar-refractivity contribution in [3.05, 3.63) is 30.3 Å². The molecular weight excluding hydrogens is 241 g/mol. The summed E-state index contributed by atoms with van der Waals surface area (Å²) in [5, 5.41) is 6.33. The first-order valence-corrected chi connectivity index (χ1v) is 5.01. The van der Waals surface area contributed by atoms with Crippen molar-refractivity contribution in [2.24, 2.45) is 0 Å². The van der Waals surface area contributed by atoms with Crippen LogP contribution in [0, 0.1) is 0 Å². The molecule has 0 fully saturated rings. The minimum atomic E-state index is -4.42. The van der Waals surface area contributed by atoms with Crippen molar-refractivity contribution < 1.29 is 17.6 Å². The van der Waals surface area contributed by atoms with E-state index in [4.69, 9.17) is 4.42 Å². The molecule has 1 heterocycles. The first-order chi connectivity index (χ1) is 7.54. The number of halogens is 3. The van der Waals surface area contributed by atoms with Crippen LogP contribution in [0.4, 0.5) is 13.2 Å². The summed E-state index contributed by atoms with van der Waals surface area (Å²) >= 11 is -0.424. The van der Waals surface area contributed by atoms with Gasteiger partial charge in [0.05, 0.1) is 0 Å². The van der Waals surface area contributed by atoms with E-state index in [9.17, 15) is 13.2 Å². The van der Waals surface area contributed by atoms with E-state index < -0.39 is 22.5 Å². The number of thioether (sulfide) groups is 1. The molecule has 0 amide bonds. The van der Waals surface area contributed by atoms with Crippen LogP contribution < -0.4 is 0 Å². The lowest BCUT2D eigenvalue weighted by Gasteiger charge is -1.99. The van der Waals surface area contributed by atoms with Crippen molar-refractivity contribution in [2.75, 3.05) is 0 Å². The molecule has 0 spiro atoms. The monoisotopic (exact) mass is 246 g/mol. The summed E-state index contributed by atoms with van der Waals surface area (Å²) < 4.78 is 40.8. The standard InChI is InChI=1S/C9H5F3N2OS/c10-9(11,12)16-8-14-13-7(15-8)6-4-2-1-3-5-6/h1-5H. The van der Waals surface area contributed by atoms with Crippen LogP contribution in [0.2, 0.25) is 0 Å². The number of nitrogens with zero attached hydrogens (tertiary/aromatic N) is 2. The van der Waals surface area contributed by atoms with Crippen LogP contribution in [-0.4, -0.2) is 15.7 Å². The Labute approximate surface area is 92.7 Å². The van der Waals surface area contributed by atoms with Crippen molar-refractivity contribution in [3.8, 4) is 11.5 Å². The molecule has 16 heavy (non-hydrogen) atoms. The predicted molar refractivity (Wildman–Crippen MR) is 51.6 cm³/mol. The van der Waals surface area contributed by atoms with Gasteiger partial charge in [-0.05, 0) is 12.1 Å². The average Bonchev–Trinajstić information content (AvgIpc) is 2.65. The number of hydrogen-bond acceptors (Lipinski definition) is 4. The lowest BCUT2D eigenvalue weighted by atomic mass is 10.2. The van der Waals surface area contributed by atoms with Gasteiger partial charge in [-0.3, -0.25) is 0 Å². The molecule has 84 valence electrons. The van der Waals surface area contributed by atoms with Crippen molar-refractivity contribution in [3.63, 3.8) is 0 Å². The number of hydrogen-bond donors (Lipinski definition) is 0. The fourth-order valence-electron chi connectivity index (χ4n) is 1.05. The third-order valence-corrected chi connectivity index (χ3v) is 2.20. The van der Waals surface area contributed by atoms with E-state index in [0.29, 0.717) is 5.56 Å². The Morgan fingerprint density at radius 1 is 1.06 bits per heavy atom. The summed E-state index contributed by atoms with van der Waals surface area (Å²) in [5.74, 6) is 0.0763. The van der Waals surface area contributed by atoms with Gasteiger partial charge in [-0.25, -0.2) is 0 Å². The molecule has 0 saturated carbocycles. The van der Waals surface area contributed by atoms with Crippen molar-refractivity contribution in [2.45, 2.75) is 10.7 Å². The minimum absolute atomic E-state index is 0.0763. The van der Waals surface area contributed by atoms with Gasteiger partial charge in [-0.2, -0.15) is 13.2 Å². The van der Waals surface area contributed by atoms with Gasteiger partial charge in [-0.1, -0.05) is 18.2 Å². The van der Waals surface area contributed by atoms with Crippen LogP contribution in [0.15, 0.2) is 40.0 Å². The molecule has 0 unspecified atom stereocenters. The molecule has 0 aliphatic heterocycles. The molecule has 3 nitrogen and oxygen atoms in total. The zero-order chi connectivity index (χ0) is 11.6. The van der Waals surface area contributed by atoms with E-state index in [1.165, 1.54) is 0 Å². The fourth-order valence-corrected chi connectivity index (χ4v) is 1.45. The lowest BCUT2D eigenvalue weighted by molar-refractivity contribution is -0.0337. The Bertz CT molecular complexity index is 469. The molecule has 0 aliphatic rings. The first kappa shape index (κ1) is 11.0. The third-order valence-electron chi connectivity index (χ3n) is 1.63. The summed E-state index contributed by atoms with van der Waals surface area (Å²) in [4.78, 5) is 0. The molecule has 0 atom stereocenters. The Kier molecular flexibility index (Phi) is 2.86. The lowest BCUT2D eigenvalue weighted by Crippen LogP contribution is -1.98. The number of alkyl halides is 3. The molecule has 0 saturated heterocycles. The Morgan fingerprint density at radius 2 is 1.75 bits per heavy atom.